The molecule has 2 nitrogen and oxygen atoms in total. The molecule has 74 valence electrons. The maximum Gasteiger partial charge on any atom is 0.217 e. The fourth-order valence-corrected chi connectivity index (χ4v) is 3.39. The average molecular weight is 181 g/mol. The summed E-state index contributed by atoms with van der Waals surface area (Å²) in [6.07, 6.45) is 5.30. The number of carbonyl (C=O) groups excluding carboxylic acids is 1. The molecule has 2 aliphatic carbocycles. The maximum atomic E-state index is 11.0. The number of carbonyl (C=O) groups is 1. The van der Waals surface area contributed by atoms with E-state index in [0.717, 1.165) is 17.8 Å². The van der Waals surface area contributed by atoms with E-state index < -0.39 is 0 Å². The predicted octanol–water partition coefficient (Wildman–Crippen LogP) is 1.95. The molecular formula is C11H19NO. The fourth-order valence-electron chi connectivity index (χ4n) is 3.39. The van der Waals surface area contributed by atoms with Crippen molar-refractivity contribution in [3.05, 3.63) is 0 Å². The van der Waals surface area contributed by atoms with Gasteiger partial charge in [0.2, 0.25) is 5.91 Å². The molecule has 0 aromatic heterocycles. The molecule has 2 fully saturated rings. The fraction of sp³-hybridized carbons (Fsp3) is 0.909. The molecule has 0 heterocycles. The Morgan fingerprint density at radius 3 is 2.69 bits per heavy atom. The van der Waals surface area contributed by atoms with Gasteiger partial charge < -0.3 is 5.32 Å². The molecule has 0 spiro atoms. The standard InChI is InChI=1S/C11H19NO/c1-3-9-4-8-5-10(9)11(6-8)12-7(2)13/h8-11H,3-6H2,1-2H3,(H,12,13)/t8-,9+,10-,11+/m0/s1. The van der Waals surface area contributed by atoms with Crippen LogP contribution in [0.3, 0.4) is 0 Å². The van der Waals surface area contributed by atoms with Gasteiger partial charge >= 0.3 is 0 Å². The molecule has 0 radical (unpaired) electrons. The molecule has 0 saturated heterocycles. The monoisotopic (exact) mass is 181 g/mol. The van der Waals surface area contributed by atoms with E-state index in [0.29, 0.717) is 6.04 Å². The normalized spacial score (nSPS) is 42.3. The van der Waals surface area contributed by atoms with Crippen molar-refractivity contribution >= 4 is 5.91 Å². The number of fused-ring (bicyclic) bond motifs is 2. The Morgan fingerprint density at radius 2 is 2.15 bits per heavy atom. The van der Waals surface area contributed by atoms with Crippen molar-refractivity contribution in [2.24, 2.45) is 17.8 Å². The molecular weight excluding hydrogens is 162 g/mol. The summed E-state index contributed by atoms with van der Waals surface area (Å²) in [5.41, 5.74) is 0. The van der Waals surface area contributed by atoms with Crippen LogP contribution in [-0.2, 0) is 4.79 Å². The number of rotatable bonds is 2. The molecule has 2 saturated carbocycles. The van der Waals surface area contributed by atoms with Gasteiger partial charge in [0.05, 0.1) is 0 Å². The first-order chi connectivity index (χ1) is 6.20. The summed E-state index contributed by atoms with van der Waals surface area (Å²) in [6.45, 7) is 3.91. The smallest absolute Gasteiger partial charge is 0.217 e. The van der Waals surface area contributed by atoms with Crippen LogP contribution in [0.2, 0.25) is 0 Å². The number of amides is 1. The summed E-state index contributed by atoms with van der Waals surface area (Å²) in [5.74, 6) is 2.73. The summed E-state index contributed by atoms with van der Waals surface area (Å²) in [4.78, 5) is 11.0. The van der Waals surface area contributed by atoms with Crippen molar-refractivity contribution in [1.29, 1.82) is 0 Å². The zero-order valence-corrected chi connectivity index (χ0v) is 8.55. The second kappa shape index (κ2) is 3.32. The van der Waals surface area contributed by atoms with E-state index in [1.165, 1.54) is 25.7 Å². The Balaban J connectivity index is 1.97. The zero-order chi connectivity index (χ0) is 9.42. The van der Waals surface area contributed by atoms with Crippen molar-refractivity contribution < 1.29 is 4.79 Å². The topological polar surface area (TPSA) is 29.1 Å². The molecule has 2 bridgehead atoms. The predicted molar refractivity (Wildman–Crippen MR) is 52.2 cm³/mol. The minimum atomic E-state index is 0.146. The van der Waals surface area contributed by atoms with Gasteiger partial charge in [0.25, 0.3) is 0 Å². The molecule has 0 aliphatic heterocycles. The summed E-state index contributed by atoms with van der Waals surface area (Å²) in [7, 11) is 0. The number of hydrogen-bond acceptors (Lipinski definition) is 1. The van der Waals surface area contributed by atoms with E-state index in [1.54, 1.807) is 6.92 Å². The highest BCUT2D eigenvalue weighted by atomic mass is 16.1. The van der Waals surface area contributed by atoms with E-state index in [4.69, 9.17) is 0 Å². The Morgan fingerprint density at radius 1 is 1.38 bits per heavy atom. The first kappa shape index (κ1) is 9.04. The SMILES string of the molecule is CC[C@@H]1C[C@H]2C[C@@H]1[C@H](NC(C)=O)C2. The summed E-state index contributed by atoms with van der Waals surface area (Å²) >= 11 is 0. The van der Waals surface area contributed by atoms with Crippen molar-refractivity contribution in [2.75, 3.05) is 0 Å². The Bertz CT molecular complexity index is 214. The van der Waals surface area contributed by atoms with Crippen LogP contribution >= 0.6 is 0 Å². The lowest BCUT2D eigenvalue weighted by Gasteiger charge is -2.29. The third-order valence-electron chi connectivity index (χ3n) is 3.86. The van der Waals surface area contributed by atoms with E-state index in [9.17, 15) is 4.79 Å². The van der Waals surface area contributed by atoms with Crippen LogP contribution in [0.1, 0.15) is 39.5 Å². The van der Waals surface area contributed by atoms with Crippen LogP contribution in [-0.4, -0.2) is 11.9 Å². The summed E-state index contributed by atoms with van der Waals surface area (Å²) in [6, 6.07) is 0.501. The largest absolute Gasteiger partial charge is 0.353 e. The third-order valence-corrected chi connectivity index (χ3v) is 3.86. The molecule has 4 atom stereocenters. The van der Waals surface area contributed by atoms with Gasteiger partial charge in [-0.05, 0) is 37.0 Å². The second-order valence-corrected chi connectivity index (χ2v) is 4.71. The molecule has 2 aliphatic rings. The molecule has 0 unspecified atom stereocenters. The third kappa shape index (κ3) is 1.59. The minimum Gasteiger partial charge on any atom is -0.353 e. The molecule has 1 amide bonds. The van der Waals surface area contributed by atoms with Gasteiger partial charge in [-0.25, -0.2) is 0 Å². The zero-order valence-electron chi connectivity index (χ0n) is 8.55. The molecule has 2 heteroatoms. The highest BCUT2D eigenvalue weighted by Crippen LogP contribution is 2.49. The lowest BCUT2D eigenvalue weighted by molar-refractivity contribution is -0.120. The molecule has 2 rings (SSSR count). The second-order valence-electron chi connectivity index (χ2n) is 4.71. The van der Waals surface area contributed by atoms with E-state index in [-0.39, 0.29) is 5.91 Å². The first-order valence-corrected chi connectivity index (χ1v) is 5.47. The summed E-state index contributed by atoms with van der Waals surface area (Å²) in [5, 5.41) is 3.10. The molecule has 1 N–H and O–H groups in total. The van der Waals surface area contributed by atoms with Crippen LogP contribution in [0, 0.1) is 17.8 Å². The lowest BCUT2D eigenvalue weighted by Crippen LogP contribution is -2.39. The van der Waals surface area contributed by atoms with Crippen LogP contribution < -0.4 is 5.32 Å². The quantitative estimate of drug-likeness (QED) is 0.693. The highest BCUT2D eigenvalue weighted by Gasteiger charge is 2.45. The van der Waals surface area contributed by atoms with E-state index in [2.05, 4.69) is 12.2 Å². The van der Waals surface area contributed by atoms with Gasteiger partial charge in [-0.15, -0.1) is 0 Å². The highest BCUT2D eigenvalue weighted by molar-refractivity contribution is 5.73. The Labute approximate surface area is 80.1 Å². The maximum absolute atomic E-state index is 11.0. The molecule has 13 heavy (non-hydrogen) atoms. The van der Waals surface area contributed by atoms with Gasteiger partial charge in [-0.3, -0.25) is 4.79 Å². The van der Waals surface area contributed by atoms with Gasteiger partial charge in [0.1, 0.15) is 0 Å². The molecule has 0 aromatic carbocycles. The molecule has 0 aromatic rings. The van der Waals surface area contributed by atoms with Crippen molar-refractivity contribution in [1.82, 2.24) is 5.32 Å². The van der Waals surface area contributed by atoms with Crippen molar-refractivity contribution in [3.63, 3.8) is 0 Å². The minimum absolute atomic E-state index is 0.146. The van der Waals surface area contributed by atoms with Gasteiger partial charge in [0.15, 0.2) is 0 Å². The Hall–Kier alpha value is -0.530. The van der Waals surface area contributed by atoms with Crippen LogP contribution in [0.5, 0.6) is 0 Å². The van der Waals surface area contributed by atoms with Crippen molar-refractivity contribution in [3.8, 4) is 0 Å². The van der Waals surface area contributed by atoms with Gasteiger partial charge in [-0.2, -0.15) is 0 Å². The average Bonchev–Trinajstić information content (AvgIpc) is 2.60. The lowest BCUT2D eigenvalue weighted by atomic mass is 9.83. The van der Waals surface area contributed by atoms with Crippen molar-refractivity contribution in [2.45, 2.75) is 45.6 Å². The van der Waals surface area contributed by atoms with Crippen LogP contribution in [0.15, 0.2) is 0 Å². The Kier molecular flexibility index (Phi) is 2.31. The van der Waals surface area contributed by atoms with Crippen LogP contribution in [0.25, 0.3) is 0 Å². The number of hydrogen-bond donors (Lipinski definition) is 1. The number of nitrogens with one attached hydrogen (secondary N) is 1. The summed E-state index contributed by atoms with van der Waals surface area (Å²) < 4.78 is 0. The van der Waals surface area contributed by atoms with E-state index in [1.807, 2.05) is 0 Å². The van der Waals surface area contributed by atoms with Gasteiger partial charge in [0, 0.05) is 13.0 Å². The van der Waals surface area contributed by atoms with Gasteiger partial charge in [-0.1, -0.05) is 13.3 Å². The van der Waals surface area contributed by atoms with Crippen LogP contribution in [0.4, 0.5) is 0 Å². The first-order valence-electron chi connectivity index (χ1n) is 5.47. The van der Waals surface area contributed by atoms with E-state index >= 15 is 0 Å².